The van der Waals surface area contributed by atoms with Gasteiger partial charge in [-0.1, -0.05) is 35.9 Å². The summed E-state index contributed by atoms with van der Waals surface area (Å²) >= 11 is 6.79. The average Bonchev–Trinajstić information content (AvgIpc) is 3.32. The van der Waals surface area contributed by atoms with Crippen LogP contribution in [0.3, 0.4) is 0 Å². The van der Waals surface area contributed by atoms with Gasteiger partial charge in [-0.25, -0.2) is 12.8 Å². The van der Waals surface area contributed by atoms with Gasteiger partial charge < -0.3 is 10.5 Å². The van der Waals surface area contributed by atoms with Gasteiger partial charge in [0.15, 0.2) is 17.4 Å². The lowest BCUT2D eigenvalue weighted by molar-refractivity contribution is 0.392. The Kier molecular flexibility index (Phi) is 5.89. The van der Waals surface area contributed by atoms with Gasteiger partial charge in [0.25, 0.3) is 10.0 Å². The third kappa shape index (κ3) is 4.24. The topological polar surface area (TPSA) is 99.2 Å². The summed E-state index contributed by atoms with van der Waals surface area (Å²) in [5.41, 5.74) is 8.10. The molecule has 0 unspecified atom stereocenters. The lowest BCUT2D eigenvalue weighted by Crippen LogP contribution is -2.13. The minimum atomic E-state index is -3.98. The first-order chi connectivity index (χ1) is 14.8. The quantitative estimate of drug-likeness (QED) is 0.413. The highest BCUT2D eigenvalue weighted by molar-refractivity contribution is 7.94. The molecule has 0 atom stereocenters. The van der Waals surface area contributed by atoms with Crippen molar-refractivity contribution in [2.24, 2.45) is 5.73 Å². The molecule has 0 bridgehead atoms. The number of ether oxygens (including phenoxy) is 1. The Bertz CT molecular complexity index is 1370. The van der Waals surface area contributed by atoms with E-state index in [1.807, 2.05) is 24.3 Å². The SMILES string of the molecule is COc1c(F)ccc2c1c(NS(=O)(=O)c1ccc(Cl)s1)nn2Cc1cccc(CN)c1. The first-order valence-electron chi connectivity index (χ1n) is 9.11. The van der Waals surface area contributed by atoms with Crippen molar-refractivity contribution < 1.29 is 17.5 Å². The van der Waals surface area contributed by atoms with Gasteiger partial charge in [-0.05, 0) is 35.4 Å². The van der Waals surface area contributed by atoms with Crippen LogP contribution >= 0.6 is 22.9 Å². The minimum absolute atomic E-state index is 0.0196. The number of nitrogens with zero attached hydrogens (tertiary/aromatic N) is 2. The monoisotopic (exact) mass is 480 g/mol. The molecule has 7 nitrogen and oxygen atoms in total. The average molecular weight is 481 g/mol. The second-order valence-electron chi connectivity index (χ2n) is 6.67. The van der Waals surface area contributed by atoms with Gasteiger partial charge in [0.05, 0.1) is 28.9 Å². The maximum Gasteiger partial charge on any atom is 0.272 e. The summed E-state index contributed by atoms with van der Waals surface area (Å²) in [6, 6.07) is 13.3. The molecule has 2 heterocycles. The van der Waals surface area contributed by atoms with Crippen LogP contribution in [0, 0.1) is 5.82 Å². The predicted molar refractivity (Wildman–Crippen MR) is 120 cm³/mol. The van der Waals surface area contributed by atoms with Crippen LogP contribution in [0.2, 0.25) is 4.34 Å². The van der Waals surface area contributed by atoms with Crippen LogP contribution in [0.25, 0.3) is 10.9 Å². The Morgan fingerprint density at radius 1 is 1.23 bits per heavy atom. The summed E-state index contributed by atoms with van der Waals surface area (Å²) in [5, 5.41) is 4.65. The fraction of sp³-hybridized carbons (Fsp3) is 0.150. The number of halogens is 2. The Morgan fingerprint density at radius 2 is 2.00 bits per heavy atom. The first-order valence-corrected chi connectivity index (χ1v) is 11.8. The molecule has 0 saturated heterocycles. The second kappa shape index (κ2) is 8.46. The van der Waals surface area contributed by atoms with E-state index in [4.69, 9.17) is 22.1 Å². The molecule has 0 spiro atoms. The molecule has 4 rings (SSSR count). The Labute approximate surface area is 187 Å². The van der Waals surface area contributed by atoms with Crippen molar-refractivity contribution in [2.75, 3.05) is 11.8 Å². The number of benzene rings is 2. The lowest BCUT2D eigenvalue weighted by atomic mass is 10.1. The molecular formula is C20H18ClFN4O3S2. The van der Waals surface area contributed by atoms with Crippen LogP contribution in [0.1, 0.15) is 11.1 Å². The van der Waals surface area contributed by atoms with E-state index >= 15 is 0 Å². The zero-order valence-electron chi connectivity index (χ0n) is 16.3. The number of hydrogen-bond acceptors (Lipinski definition) is 6. The standard InChI is InChI=1S/C20H18ClFN4O3S2/c1-29-19-14(22)5-6-15-18(19)20(25-31(27,28)17-8-7-16(21)30-17)24-26(15)11-13-4-2-3-12(9-13)10-23/h2-9H,10-11,23H2,1H3,(H,24,25). The highest BCUT2D eigenvalue weighted by Crippen LogP contribution is 2.36. The largest absolute Gasteiger partial charge is 0.493 e. The molecule has 2 aromatic heterocycles. The number of nitrogens with one attached hydrogen (secondary N) is 1. The van der Waals surface area contributed by atoms with Gasteiger partial charge >= 0.3 is 0 Å². The number of thiophene rings is 1. The molecule has 0 aliphatic carbocycles. The number of sulfonamides is 1. The van der Waals surface area contributed by atoms with Gasteiger partial charge in [-0.3, -0.25) is 9.40 Å². The third-order valence-electron chi connectivity index (χ3n) is 4.63. The summed E-state index contributed by atoms with van der Waals surface area (Å²) in [6.45, 7) is 0.715. The van der Waals surface area contributed by atoms with Crippen LogP contribution < -0.4 is 15.2 Å². The maximum atomic E-state index is 14.4. The van der Waals surface area contributed by atoms with E-state index in [1.165, 1.54) is 31.4 Å². The van der Waals surface area contributed by atoms with E-state index in [2.05, 4.69) is 9.82 Å². The summed E-state index contributed by atoms with van der Waals surface area (Å²) in [4.78, 5) is 0. The molecule has 0 amide bonds. The van der Waals surface area contributed by atoms with E-state index in [-0.39, 0.29) is 21.2 Å². The third-order valence-corrected chi connectivity index (χ3v) is 7.69. The van der Waals surface area contributed by atoms with Crippen molar-refractivity contribution in [3.05, 3.63) is 69.8 Å². The molecule has 3 N–H and O–H groups in total. The summed E-state index contributed by atoms with van der Waals surface area (Å²) < 4.78 is 49.7. The van der Waals surface area contributed by atoms with E-state index in [0.717, 1.165) is 22.5 Å². The zero-order chi connectivity index (χ0) is 22.2. The molecule has 2 aromatic carbocycles. The zero-order valence-corrected chi connectivity index (χ0v) is 18.7. The van der Waals surface area contributed by atoms with Crippen LogP contribution in [0.5, 0.6) is 5.75 Å². The van der Waals surface area contributed by atoms with Gasteiger partial charge in [-0.2, -0.15) is 5.10 Å². The molecule has 162 valence electrons. The second-order valence-corrected chi connectivity index (χ2v) is 10.3. The van der Waals surface area contributed by atoms with Crippen LogP contribution in [0.15, 0.2) is 52.7 Å². The van der Waals surface area contributed by atoms with E-state index in [1.54, 1.807) is 4.68 Å². The number of nitrogens with two attached hydrogens (primary N) is 1. The van der Waals surface area contributed by atoms with E-state index in [9.17, 15) is 12.8 Å². The molecule has 0 aliphatic heterocycles. The van der Waals surface area contributed by atoms with Crippen molar-refractivity contribution in [1.82, 2.24) is 9.78 Å². The molecule has 4 aromatic rings. The normalized spacial score (nSPS) is 11.7. The Morgan fingerprint density at radius 3 is 2.68 bits per heavy atom. The number of fused-ring (bicyclic) bond motifs is 1. The maximum absolute atomic E-state index is 14.4. The highest BCUT2D eigenvalue weighted by atomic mass is 35.5. The molecule has 31 heavy (non-hydrogen) atoms. The van der Waals surface area contributed by atoms with Gasteiger partial charge in [0.2, 0.25) is 0 Å². The molecule has 0 saturated carbocycles. The number of rotatable bonds is 7. The first kappa shape index (κ1) is 21.6. The van der Waals surface area contributed by atoms with Gasteiger partial charge in [-0.15, -0.1) is 11.3 Å². The molecular weight excluding hydrogens is 463 g/mol. The van der Waals surface area contributed by atoms with Gasteiger partial charge in [0.1, 0.15) is 4.21 Å². The summed E-state index contributed by atoms with van der Waals surface area (Å²) in [5.74, 6) is -0.758. The van der Waals surface area contributed by atoms with E-state index in [0.29, 0.717) is 22.9 Å². The van der Waals surface area contributed by atoms with Crippen LogP contribution in [-0.2, 0) is 23.1 Å². The van der Waals surface area contributed by atoms with Crippen molar-refractivity contribution in [2.45, 2.75) is 17.3 Å². The van der Waals surface area contributed by atoms with Crippen LogP contribution in [-0.4, -0.2) is 25.3 Å². The fourth-order valence-corrected chi connectivity index (χ4v) is 5.75. The van der Waals surface area contributed by atoms with Crippen molar-refractivity contribution in [3.8, 4) is 5.75 Å². The van der Waals surface area contributed by atoms with Crippen molar-refractivity contribution >= 4 is 49.7 Å². The summed E-state index contributed by atoms with van der Waals surface area (Å²) in [6.07, 6.45) is 0. The molecule has 0 radical (unpaired) electrons. The number of methoxy groups -OCH3 is 1. The van der Waals surface area contributed by atoms with Crippen molar-refractivity contribution in [1.29, 1.82) is 0 Å². The fourth-order valence-electron chi connectivity index (χ4n) is 3.25. The van der Waals surface area contributed by atoms with Crippen molar-refractivity contribution in [3.63, 3.8) is 0 Å². The minimum Gasteiger partial charge on any atom is -0.493 e. The number of hydrogen-bond donors (Lipinski definition) is 2. The summed E-state index contributed by atoms with van der Waals surface area (Å²) in [7, 11) is -2.66. The Balaban J connectivity index is 1.83. The Hall–Kier alpha value is -2.66. The van der Waals surface area contributed by atoms with E-state index < -0.39 is 15.8 Å². The predicted octanol–water partition coefficient (Wildman–Crippen LogP) is 4.21. The molecule has 0 aliphatic rings. The number of aromatic nitrogens is 2. The molecule has 11 heteroatoms. The lowest BCUT2D eigenvalue weighted by Gasteiger charge is -2.07. The highest BCUT2D eigenvalue weighted by Gasteiger charge is 2.24. The number of anilines is 1. The van der Waals surface area contributed by atoms with Crippen LogP contribution in [0.4, 0.5) is 10.2 Å². The molecule has 0 fully saturated rings. The van der Waals surface area contributed by atoms with Gasteiger partial charge in [0, 0.05) is 6.54 Å². The smallest absolute Gasteiger partial charge is 0.272 e.